The molecule has 0 N–H and O–H groups in total. The highest BCUT2D eigenvalue weighted by atomic mass is 15.3. The van der Waals surface area contributed by atoms with Crippen molar-refractivity contribution in [3.8, 4) is 0 Å². The molecular formula is C80H91BN4. The first kappa shape index (κ1) is 55.9. The lowest BCUT2D eigenvalue weighted by Gasteiger charge is -2.51. The summed E-state index contributed by atoms with van der Waals surface area (Å²) in [4.78, 5) is 10.8. The molecule has 14 rings (SSSR count). The Balaban J connectivity index is 1.10. The maximum atomic E-state index is 2.86. The molecule has 3 heterocycles. The average molecular weight is 1120 g/mol. The van der Waals surface area contributed by atoms with Crippen molar-refractivity contribution in [2.45, 2.75) is 206 Å². The van der Waals surface area contributed by atoms with Crippen molar-refractivity contribution >= 4 is 85.7 Å². The van der Waals surface area contributed by atoms with Gasteiger partial charge in [0.2, 0.25) is 0 Å². The largest absolute Gasteiger partial charge is 0.334 e. The van der Waals surface area contributed by atoms with Gasteiger partial charge in [-0.2, -0.15) is 0 Å². The van der Waals surface area contributed by atoms with Crippen molar-refractivity contribution in [2.24, 2.45) is 0 Å². The van der Waals surface area contributed by atoms with Gasteiger partial charge < -0.3 is 19.6 Å². The quantitative estimate of drug-likeness (QED) is 0.154. The summed E-state index contributed by atoms with van der Waals surface area (Å²) >= 11 is 0. The van der Waals surface area contributed by atoms with Gasteiger partial charge in [0.05, 0.1) is 5.54 Å². The SMILES string of the molecule is CC(C)(C)c1ccc(N2c3ccc(C(C)(C)C)cc3B3c4cc5c(cc4N(c4ccc6c(c4)C(C)(C)CCC6(C)C)c4cc(N6c7ccc(N(c8ccccc8)c8ccccc8)cc7C7(C)CCCCC67C)cc2c43)C(C)(C)CCC5(C)C)cc1. The minimum Gasteiger partial charge on any atom is -0.334 e. The van der Waals surface area contributed by atoms with Crippen LogP contribution in [0.1, 0.15) is 201 Å². The fraction of sp³-hybridized carbons (Fsp3) is 0.400. The van der Waals surface area contributed by atoms with Crippen LogP contribution in [-0.4, -0.2) is 12.3 Å². The van der Waals surface area contributed by atoms with Gasteiger partial charge in [-0.15, -0.1) is 0 Å². The third-order valence-electron chi connectivity index (χ3n) is 22.6. The molecule has 2 atom stereocenters. The van der Waals surface area contributed by atoms with Crippen LogP contribution in [0.4, 0.5) is 62.6 Å². The number of fused-ring (bicyclic) bond motifs is 9. The maximum Gasteiger partial charge on any atom is 0.252 e. The lowest BCUT2D eigenvalue weighted by Crippen LogP contribution is -2.62. The Morgan fingerprint density at radius 3 is 1.45 bits per heavy atom. The summed E-state index contributed by atoms with van der Waals surface area (Å²) in [7, 11) is 0. The molecule has 2 unspecified atom stereocenters. The highest BCUT2D eigenvalue weighted by Gasteiger charge is 2.59. The summed E-state index contributed by atoms with van der Waals surface area (Å²) < 4.78 is 0. The molecule has 5 heteroatoms. The Bertz CT molecular complexity index is 3940. The molecule has 0 saturated heterocycles. The first-order valence-electron chi connectivity index (χ1n) is 32.3. The van der Waals surface area contributed by atoms with Crippen molar-refractivity contribution in [2.75, 3.05) is 19.6 Å². The van der Waals surface area contributed by atoms with E-state index in [1.807, 2.05) is 0 Å². The van der Waals surface area contributed by atoms with Crippen LogP contribution in [0.3, 0.4) is 0 Å². The van der Waals surface area contributed by atoms with E-state index in [2.05, 4.69) is 294 Å². The van der Waals surface area contributed by atoms with Crippen LogP contribution in [-0.2, 0) is 37.9 Å². The van der Waals surface area contributed by atoms with E-state index in [1.54, 1.807) is 0 Å². The molecule has 0 radical (unpaired) electrons. The van der Waals surface area contributed by atoms with E-state index in [1.165, 1.54) is 126 Å². The zero-order valence-electron chi connectivity index (χ0n) is 54.1. The van der Waals surface area contributed by atoms with Gasteiger partial charge in [-0.1, -0.05) is 189 Å². The van der Waals surface area contributed by atoms with Gasteiger partial charge in [0, 0.05) is 68.0 Å². The van der Waals surface area contributed by atoms with E-state index in [-0.39, 0.29) is 50.2 Å². The summed E-state index contributed by atoms with van der Waals surface area (Å²) in [6.45, 7) is 39.4. The molecule has 0 aromatic heterocycles. The number of anilines is 11. The third-order valence-corrected chi connectivity index (χ3v) is 22.6. The molecule has 3 aliphatic carbocycles. The lowest BCUT2D eigenvalue weighted by atomic mass is 9.33. The number of nitrogens with zero attached hydrogens (tertiary/aromatic N) is 4. The van der Waals surface area contributed by atoms with Crippen molar-refractivity contribution < 1.29 is 0 Å². The lowest BCUT2D eigenvalue weighted by molar-refractivity contribution is 0.195. The molecule has 434 valence electrons. The number of rotatable bonds is 6. The summed E-state index contributed by atoms with van der Waals surface area (Å²) in [5, 5.41) is 0. The summed E-state index contributed by atoms with van der Waals surface area (Å²) in [5.41, 5.74) is 27.8. The summed E-state index contributed by atoms with van der Waals surface area (Å²) in [5.74, 6) is 0. The van der Waals surface area contributed by atoms with Gasteiger partial charge in [0.1, 0.15) is 0 Å². The second kappa shape index (κ2) is 18.8. The first-order chi connectivity index (χ1) is 40.1. The van der Waals surface area contributed by atoms with Crippen LogP contribution >= 0.6 is 0 Å². The Morgan fingerprint density at radius 2 is 0.859 bits per heavy atom. The predicted octanol–water partition coefficient (Wildman–Crippen LogP) is 20.3. The summed E-state index contributed by atoms with van der Waals surface area (Å²) in [6, 6.07) is 65.0. The van der Waals surface area contributed by atoms with Crippen LogP contribution in [0.15, 0.2) is 164 Å². The molecule has 4 nitrogen and oxygen atoms in total. The molecule has 85 heavy (non-hydrogen) atoms. The van der Waals surface area contributed by atoms with E-state index in [9.17, 15) is 0 Å². The molecule has 0 spiro atoms. The van der Waals surface area contributed by atoms with E-state index in [0.717, 1.165) is 43.5 Å². The maximum absolute atomic E-state index is 2.86. The topological polar surface area (TPSA) is 13.0 Å². The predicted molar refractivity (Wildman–Crippen MR) is 366 cm³/mol. The van der Waals surface area contributed by atoms with Crippen LogP contribution in [0.2, 0.25) is 0 Å². The van der Waals surface area contributed by atoms with E-state index in [4.69, 9.17) is 0 Å². The van der Waals surface area contributed by atoms with E-state index in [0.29, 0.717) is 0 Å². The average Bonchev–Trinajstić information content (AvgIpc) is 1.69. The highest BCUT2D eigenvalue weighted by molar-refractivity contribution is 7.00. The zero-order chi connectivity index (χ0) is 59.8. The number of hydrogen-bond donors (Lipinski definition) is 0. The Labute approximate surface area is 510 Å². The van der Waals surface area contributed by atoms with Crippen molar-refractivity contribution in [1.29, 1.82) is 0 Å². The fourth-order valence-corrected chi connectivity index (χ4v) is 16.9. The summed E-state index contributed by atoms with van der Waals surface area (Å²) in [6.07, 6.45) is 9.29. The van der Waals surface area contributed by atoms with Gasteiger partial charge in [0.25, 0.3) is 6.71 Å². The second-order valence-electron chi connectivity index (χ2n) is 31.9. The van der Waals surface area contributed by atoms with Crippen molar-refractivity contribution in [1.82, 2.24) is 0 Å². The Morgan fingerprint density at radius 1 is 0.365 bits per heavy atom. The van der Waals surface area contributed by atoms with Gasteiger partial charge in [-0.05, 0) is 224 Å². The molecule has 0 amide bonds. The Hall–Kier alpha value is -6.98. The van der Waals surface area contributed by atoms with Gasteiger partial charge in [-0.25, -0.2) is 0 Å². The minimum absolute atomic E-state index is 0.00927. The minimum atomic E-state index is -0.224. The highest BCUT2D eigenvalue weighted by Crippen LogP contribution is 2.63. The van der Waals surface area contributed by atoms with Crippen molar-refractivity contribution in [3.05, 3.63) is 203 Å². The van der Waals surface area contributed by atoms with Gasteiger partial charge in [-0.3, -0.25) is 0 Å². The molecule has 3 aliphatic heterocycles. The van der Waals surface area contributed by atoms with Gasteiger partial charge >= 0.3 is 0 Å². The van der Waals surface area contributed by atoms with Crippen LogP contribution in [0, 0.1) is 0 Å². The molecule has 8 aromatic carbocycles. The van der Waals surface area contributed by atoms with Crippen LogP contribution in [0.5, 0.6) is 0 Å². The number of hydrogen-bond acceptors (Lipinski definition) is 4. The van der Waals surface area contributed by atoms with E-state index < -0.39 is 0 Å². The van der Waals surface area contributed by atoms with Crippen LogP contribution < -0.4 is 36.0 Å². The molecule has 8 aromatic rings. The van der Waals surface area contributed by atoms with E-state index >= 15 is 0 Å². The Kier molecular flexibility index (Phi) is 12.3. The molecule has 6 aliphatic rings. The van der Waals surface area contributed by atoms with Crippen molar-refractivity contribution in [3.63, 3.8) is 0 Å². The standard InChI is InChI=1S/C80H91BN4/c1-73(2,3)52-29-32-56(33-30-52)83-68-37-31-53(74(4,5)6)45-65(68)81-66-50-62-63(78(13,14)44-43-77(62,11)12)51-69(66)84(58-34-36-60-61(46-58)76(9,10)42-41-75(60,7)8)71-49-59(48-70(83)72(71)81)85-67-38-35-57(47-64(67)79(15)39-23-24-40-80(79,85)16)82(54-25-19-17-20-26-54)55-27-21-18-22-28-55/h17-22,25-38,45-51H,23-24,39-44H2,1-16H3. The fourth-order valence-electron chi connectivity index (χ4n) is 16.9. The van der Waals surface area contributed by atoms with Crippen LogP contribution in [0.25, 0.3) is 0 Å². The smallest absolute Gasteiger partial charge is 0.252 e. The molecule has 1 fully saturated rings. The second-order valence-corrected chi connectivity index (χ2v) is 31.9. The number of para-hydroxylation sites is 2. The zero-order valence-corrected chi connectivity index (χ0v) is 54.1. The monoisotopic (exact) mass is 1120 g/mol. The van der Waals surface area contributed by atoms with Gasteiger partial charge in [0.15, 0.2) is 0 Å². The molecule has 0 bridgehead atoms. The molecular weight excluding hydrogens is 1030 g/mol. The molecule has 1 saturated carbocycles. The first-order valence-corrected chi connectivity index (χ1v) is 32.3. The number of benzene rings is 8. The normalized spacial score (nSPS) is 21.9. The third kappa shape index (κ3) is 8.49.